The second kappa shape index (κ2) is 6.78. The average Bonchev–Trinajstić information content (AvgIpc) is 2.82. The van der Waals surface area contributed by atoms with Crippen LogP contribution in [0.2, 0.25) is 0 Å². The normalized spacial score (nSPS) is 11.0. The first-order valence-corrected chi connectivity index (χ1v) is 7.20. The molecular weight excluding hydrogens is 310 g/mol. The van der Waals surface area contributed by atoms with Gasteiger partial charge in [-0.25, -0.2) is 8.78 Å². The lowest BCUT2D eigenvalue weighted by Crippen LogP contribution is -2.27. The van der Waals surface area contributed by atoms with Gasteiger partial charge >= 0.3 is 0 Å². The summed E-state index contributed by atoms with van der Waals surface area (Å²) in [6, 6.07) is 2.90. The van der Waals surface area contributed by atoms with Crippen molar-refractivity contribution in [3.8, 4) is 0 Å². The molecule has 2 aromatic rings. The van der Waals surface area contributed by atoms with Crippen molar-refractivity contribution in [3.05, 3.63) is 46.0 Å². The van der Waals surface area contributed by atoms with E-state index in [1.54, 1.807) is 0 Å². The molecule has 1 amide bonds. The van der Waals surface area contributed by atoms with Crippen molar-refractivity contribution in [3.63, 3.8) is 0 Å². The van der Waals surface area contributed by atoms with Gasteiger partial charge in [-0.15, -0.1) is 0 Å². The maximum Gasteiger partial charge on any atom is 0.254 e. The second-order valence-corrected chi connectivity index (χ2v) is 5.43. The molecule has 0 fully saturated rings. The van der Waals surface area contributed by atoms with Gasteiger partial charge in [-0.1, -0.05) is 0 Å². The number of aromatic amines is 1. The van der Waals surface area contributed by atoms with Crippen LogP contribution in [0.5, 0.6) is 0 Å². The van der Waals surface area contributed by atoms with E-state index in [4.69, 9.17) is 12.2 Å². The minimum absolute atomic E-state index is 0.137. The highest BCUT2D eigenvalue weighted by molar-refractivity contribution is 7.71. The van der Waals surface area contributed by atoms with Crippen LogP contribution in [0.1, 0.15) is 36.1 Å². The van der Waals surface area contributed by atoms with Gasteiger partial charge in [0.2, 0.25) is 0 Å². The molecule has 22 heavy (non-hydrogen) atoms. The number of rotatable bonds is 5. The summed E-state index contributed by atoms with van der Waals surface area (Å²) in [6.07, 6.45) is 0.425. The monoisotopic (exact) mass is 326 g/mol. The lowest BCUT2D eigenvalue weighted by molar-refractivity contribution is 0.0949. The van der Waals surface area contributed by atoms with E-state index in [1.165, 1.54) is 0 Å². The Hall–Kier alpha value is -2.09. The molecule has 0 aliphatic rings. The minimum atomic E-state index is -0.760. The van der Waals surface area contributed by atoms with Gasteiger partial charge in [0.05, 0.1) is 5.56 Å². The number of nitrogens with zero attached hydrogens (tertiary/aromatic N) is 2. The molecule has 5 nitrogen and oxygen atoms in total. The van der Waals surface area contributed by atoms with Crippen molar-refractivity contribution in [1.29, 1.82) is 0 Å². The number of hydrogen-bond acceptors (Lipinski definition) is 3. The Bertz CT molecular complexity index is 739. The Morgan fingerprint density at radius 3 is 2.86 bits per heavy atom. The summed E-state index contributed by atoms with van der Waals surface area (Å²) in [5.74, 6) is -1.39. The van der Waals surface area contributed by atoms with Crippen molar-refractivity contribution in [2.75, 3.05) is 6.54 Å². The highest BCUT2D eigenvalue weighted by atomic mass is 32.1. The zero-order chi connectivity index (χ0) is 16.3. The lowest BCUT2D eigenvalue weighted by atomic mass is 10.2. The molecule has 0 aliphatic heterocycles. The Balaban J connectivity index is 2.01. The highest BCUT2D eigenvalue weighted by Gasteiger charge is 2.14. The molecule has 0 aliphatic carbocycles. The summed E-state index contributed by atoms with van der Waals surface area (Å²) in [5, 5.41) is 9.34. The van der Waals surface area contributed by atoms with Gasteiger partial charge in [-0.2, -0.15) is 5.10 Å². The summed E-state index contributed by atoms with van der Waals surface area (Å²) in [6.45, 7) is 4.17. The van der Waals surface area contributed by atoms with E-state index in [9.17, 15) is 13.6 Å². The van der Waals surface area contributed by atoms with E-state index in [1.807, 2.05) is 18.4 Å². The molecule has 1 aromatic heterocycles. The van der Waals surface area contributed by atoms with Gasteiger partial charge in [0.25, 0.3) is 5.91 Å². The summed E-state index contributed by atoms with van der Waals surface area (Å²) in [5.41, 5.74) is -0.317. The van der Waals surface area contributed by atoms with Crippen molar-refractivity contribution in [2.45, 2.75) is 26.3 Å². The SMILES string of the molecule is CC(C)n1c(CCNC(=O)c2cc(F)ccc2F)n[nH]c1=S. The largest absolute Gasteiger partial charge is 0.351 e. The zero-order valence-corrected chi connectivity index (χ0v) is 13.0. The van der Waals surface area contributed by atoms with Crippen LogP contribution >= 0.6 is 12.2 Å². The molecule has 0 spiro atoms. The van der Waals surface area contributed by atoms with Crippen LogP contribution in [-0.2, 0) is 6.42 Å². The number of hydrogen-bond donors (Lipinski definition) is 2. The van der Waals surface area contributed by atoms with E-state index in [2.05, 4.69) is 15.5 Å². The van der Waals surface area contributed by atoms with E-state index < -0.39 is 17.5 Å². The van der Waals surface area contributed by atoms with Gasteiger partial charge in [0.1, 0.15) is 17.5 Å². The van der Waals surface area contributed by atoms with E-state index in [0.29, 0.717) is 17.0 Å². The summed E-state index contributed by atoms with van der Waals surface area (Å²) >= 11 is 5.13. The summed E-state index contributed by atoms with van der Waals surface area (Å²) in [7, 11) is 0. The van der Waals surface area contributed by atoms with Crippen LogP contribution in [0.3, 0.4) is 0 Å². The molecule has 1 heterocycles. The third-order valence-corrected chi connectivity index (χ3v) is 3.39. The lowest BCUT2D eigenvalue weighted by Gasteiger charge is -2.11. The van der Waals surface area contributed by atoms with Gasteiger partial charge < -0.3 is 9.88 Å². The van der Waals surface area contributed by atoms with Gasteiger partial charge in [-0.05, 0) is 44.3 Å². The molecular formula is C14H16F2N4OS. The third-order valence-electron chi connectivity index (χ3n) is 3.10. The third kappa shape index (κ3) is 3.56. The number of carbonyl (C=O) groups is 1. The summed E-state index contributed by atoms with van der Waals surface area (Å²) in [4.78, 5) is 11.9. The molecule has 0 saturated heterocycles. The highest BCUT2D eigenvalue weighted by Crippen LogP contribution is 2.10. The number of carbonyl (C=O) groups excluding carboxylic acids is 1. The van der Waals surface area contributed by atoms with Crippen LogP contribution < -0.4 is 5.32 Å². The van der Waals surface area contributed by atoms with Crippen LogP contribution in [0.15, 0.2) is 18.2 Å². The minimum Gasteiger partial charge on any atom is -0.351 e. The Kier molecular flexibility index (Phi) is 5.02. The predicted molar refractivity (Wildman–Crippen MR) is 80.2 cm³/mol. The fraction of sp³-hybridized carbons (Fsp3) is 0.357. The standard InChI is InChI=1S/C14H16F2N4OS/c1-8(2)20-12(18-19-14(20)22)5-6-17-13(21)10-7-9(15)3-4-11(10)16/h3-4,7-8H,5-6H2,1-2H3,(H,17,21)(H,19,22). The van der Waals surface area contributed by atoms with Gasteiger partial charge in [0, 0.05) is 19.0 Å². The Labute approximate surface area is 131 Å². The molecule has 2 N–H and O–H groups in total. The Morgan fingerprint density at radius 2 is 2.18 bits per heavy atom. The van der Waals surface area contributed by atoms with E-state index in [0.717, 1.165) is 18.2 Å². The maximum atomic E-state index is 13.5. The van der Waals surface area contributed by atoms with Crippen molar-refractivity contribution >= 4 is 18.1 Å². The maximum absolute atomic E-state index is 13.5. The van der Waals surface area contributed by atoms with Crippen LogP contribution in [0.4, 0.5) is 8.78 Å². The predicted octanol–water partition coefficient (Wildman–Crippen LogP) is 2.77. The van der Waals surface area contributed by atoms with Crippen LogP contribution in [0.25, 0.3) is 0 Å². The number of amides is 1. The molecule has 1 aromatic carbocycles. The summed E-state index contributed by atoms with van der Waals surface area (Å²) < 4.78 is 28.9. The Morgan fingerprint density at radius 1 is 1.45 bits per heavy atom. The molecule has 0 bridgehead atoms. The van der Waals surface area contributed by atoms with Crippen molar-refractivity contribution < 1.29 is 13.6 Å². The first kappa shape index (κ1) is 16.3. The molecule has 0 radical (unpaired) electrons. The quantitative estimate of drug-likeness (QED) is 0.831. The molecule has 0 unspecified atom stereocenters. The van der Waals surface area contributed by atoms with E-state index >= 15 is 0 Å². The average molecular weight is 326 g/mol. The van der Waals surface area contributed by atoms with Crippen molar-refractivity contribution in [2.24, 2.45) is 0 Å². The zero-order valence-electron chi connectivity index (χ0n) is 12.2. The van der Waals surface area contributed by atoms with Crippen LogP contribution in [-0.4, -0.2) is 27.2 Å². The van der Waals surface area contributed by atoms with E-state index in [-0.39, 0.29) is 18.2 Å². The van der Waals surface area contributed by atoms with Crippen LogP contribution in [0, 0.1) is 16.4 Å². The van der Waals surface area contributed by atoms with Gasteiger partial charge in [0.15, 0.2) is 4.77 Å². The molecule has 0 atom stereocenters. The first-order chi connectivity index (χ1) is 10.4. The second-order valence-electron chi connectivity index (χ2n) is 5.04. The fourth-order valence-electron chi connectivity index (χ4n) is 2.10. The van der Waals surface area contributed by atoms with Gasteiger partial charge in [-0.3, -0.25) is 9.89 Å². The fourth-order valence-corrected chi connectivity index (χ4v) is 2.46. The number of nitrogens with one attached hydrogen (secondary N) is 2. The molecule has 8 heteroatoms. The molecule has 2 rings (SSSR count). The number of halogens is 2. The molecule has 0 saturated carbocycles. The topological polar surface area (TPSA) is 62.7 Å². The number of H-pyrrole nitrogens is 1. The van der Waals surface area contributed by atoms with Crippen molar-refractivity contribution in [1.82, 2.24) is 20.1 Å². The molecule has 118 valence electrons. The smallest absolute Gasteiger partial charge is 0.254 e. The first-order valence-electron chi connectivity index (χ1n) is 6.79. The number of benzene rings is 1. The number of aromatic nitrogens is 3.